The Bertz CT molecular complexity index is 191. The monoisotopic (exact) mass is 200 g/mol. The van der Waals surface area contributed by atoms with Crippen molar-refractivity contribution in [3.63, 3.8) is 0 Å². The van der Waals surface area contributed by atoms with Crippen LogP contribution in [0.5, 0.6) is 0 Å². The molecule has 0 spiro atoms. The van der Waals surface area contributed by atoms with Crippen molar-refractivity contribution in [1.82, 2.24) is 0 Å². The van der Waals surface area contributed by atoms with Crippen LogP contribution in [-0.2, 0) is 14.3 Å². The van der Waals surface area contributed by atoms with Gasteiger partial charge < -0.3 is 9.53 Å². The molecule has 82 valence electrons. The van der Waals surface area contributed by atoms with E-state index in [9.17, 15) is 9.59 Å². The molecule has 0 aliphatic carbocycles. The molecule has 0 saturated carbocycles. The number of aldehydes is 1. The van der Waals surface area contributed by atoms with Gasteiger partial charge in [0.05, 0.1) is 6.42 Å². The van der Waals surface area contributed by atoms with Gasteiger partial charge in [-0.15, -0.1) is 0 Å². The maximum Gasteiger partial charge on any atom is 0.307 e. The Balaban J connectivity index is 3.97. The van der Waals surface area contributed by atoms with Crippen LogP contribution >= 0.6 is 0 Å². The van der Waals surface area contributed by atoms with Gasteiger partial charge in [-0.2, -0.15) is 0 Å². The summed E-state index contributed by atoms with van der Waals surface area (Å²) in [5, 5.41) is 0. The Morgan fingerprint density at radius 1 is 1.43 bits per heavy atom. The molecule has 3 nitrogen and oxygen atoms in total. The molecule has 0 heterocycles. The number of rotatable bonds is 5. The summed E-state index contributed by atoms with van der Waals surface area (Å²) in [6, 6.07) is 0. The van der Waals surface area contributed by atoms with Crippen molar-refractivity contribution in [1.29, 1.82) is 0 Å². The van der Waals surface area contributed by atoms with Gasteiger partial charge in [0.1, 0.15) is 11.9 Å². The molecule has 1 atom stereocenters. The third-order valence-electron chi connectivity index (χ3n) is 1.70. The second-order valence-corrected chi connectivity index (χ2v) is 4.48. The van der Waals surface area contributed by atoms with Crippen LogP contribution in [0.2, 0.25) is 0 Å². The second-order valence-electron chi connectivity index (χ2n) is 4.48. The minimum Gasteiger partial charge on any atom is -0.460 e. The summed E-state index contributed by atoms with van der Waals surface area (Å²) in [5.41, 5.74) is -0.462. The van der Waals surface area contributed by atoms with E-state index in [1.54, 1.807) is 0 Å². The quantitative estimate of drug-likeness (QED) is 0.505. The molecule has 0 aliphatic rings. The molecule has 0 saturated heterocycles. The standard InChI is InChI=1S/C11H20O3/c1-5-6-9(8-12)7-10(13)14-11(2,3)4/h8-9H,5-7H2,1-4H3. The SMILES string of the molecule is CCCC(C=O)CC(=O)OC(C)(C)C. The molecular weight excluding hydrogens is 180 g/mol. The third-order valence-corrected chi connectivity index (χ3v) is 1.70. The van der Waals surface area contributed by atoms with Crippen LogP contribution < -0.4 is 0 Å². The van der Waals surface area contributed by atoms with E-state index in [1.807, 2.05) is 27.7 Å². The second kappa shape index (κ2) is 5.78. The fourth-order valence-corrected chi connectivity index (χ4v) is 1.19. The van der Waals surface area contributed by atoms with E-state index in [4.69, 9.17) is 4.74 Å². The van der Waals surface area contributed by atoms with Gasteiger partial charge in [0.25, 0.3) is 0 Å². The van der Waals surface area contributed by atoms with Gasteiger partial charge in [-0.25, -0.2) is 0 Å². The van der Waals surface area contributed by atoms with Crippen LogP contribution in [0.15, 0.2) is 0 Å². The zero-order valence-corrected chi connectivity index (χ0v) is 9.50. The molecule has 0 aromatic rings. The first-order valence-electron chi connectivity index (χ1n) is 5.06. The minimum atomic E-state index is -0.462. The number of ether oxygens (including phenoxy) is 1. The van der Waals surface area contributed by atoms with E-state index in [1.165, 1.54) is 0 Å². The highest BCUT2D eigenvalue weighted by Gasteiger charge is 2.19. The van der Waals surface area contributed by atoms with Gasteiger partial charge in [-0.3, -0.25) is 4.79 Å². The average Bonchev–Trinajstić information content (AvgIpc) is 2.00. The average molecular weight is 200 g/mol. The Morgan fingerprint density at radius 2 is 2.00 bits per heavy atom. The molecule has 0 fully saturated rings. The normalized spacial score (nSPS) is 13.4. The largest absolute Gasteiger partial charge is 0.460 e. The summed E-state index contributed by atoms with van der Waals surface area (Å²) in [6.45, 7) is 7.45. The van der Waals surface area contributed by atoms with Crippen molar-refractivity contribution < 1.29 is 14.3 Å². The molecule has 0 amide bonds. The Kier molecular flexibility index (Phi) is 5.43. The lowest BCUT2D eigenvalue weighted by Crippen LogP contribution is -2.25. The van der Waals surface area contributed by atoms with E-state index in [0.717, 1.165) is 19.1 Å². The first-order chi connectivity index (χ1) is 6.39. The van der Waals surface area contributed by atoms with Gasteiger partial charge in [-0.1, -0.05) is 13.3 Å². The summed E-state index contributed by atoms with van der Waals surface area (Å²) in [4.78, 5) is 21.9. The van der Waals surface area contributed by atoms with Crippen LogP contribution in [-0.4, -0.2) is 17.9 Å². The van der Waals surface area contributed by atoms with Gasteiger partial charge >= 0.3 is 5.97 Å². The topological polar surface area (TPSA) is 43.4 Å². The maximum absolute atomic E-state index is 11.3. The Morgan fingerprint density at radius 3 is 2.36 bits per heavy atom. The predicted octanol–water partition coefficient (Wildman–Crippen LogP) is 2.33. The third kappa shape index (κ3) is 6.63. The fraction of sp³-hybridized carbons (Fsp3) is 0.818. The van der Waals surface area contributed by atoms with Gasteiger partial charge in [0.2, 0.25) is 0 Å². The smallest absolute Gasteiger partial charge is 0.307 e. The highest BCUT2D eigenvalue weighted by molar-refractivity contribution is 5.74. The Hall–Kier alpha value is -0.860. The van der Waals surface area contributed by atoms with Gasteiger partial charge in [-0.05, 0) is 27.2 Å². The summed E-state index contributed by atoms with van der Waals surface area (Å²) in [6.07, 6.45) is 2.71. The molecule has 14 heavy (non-hydrogen) atoms. The van der Waals surface area contributed by atoms with Crippen LogP contribution in [0.25, 0.3) is 0 Å². The molecule has 0 aliphatic heterocycles. The zero-order chi connectivity index (χ0) is 11.2. The molecule has 0 N–H and O–H groups in total. The van der Waals surface area contributed by atoms with E-state index in [2.05, 4.69) is 0 Å². The number of hydrogen-bond acceptors (Lipinski definition) is 3. The number of hydrogen-bond donors (Lipinski definition) is 0. The van der Waals surface area contributed by atoms with Crippen molar-refractivity contribution >= 4 is 12.3 Å². The lowest BCUT2D eigenvalue weighted by molar-refractivity contribution is -0.156. The highest BCUT2D eigenvalue weighted by Crippen LogP contribution is 2.13. The number of carbonyl (C=O) groups excluding carboxylic acids is 2. The highest BCUT2D eigenvalue weighted by atomic mass is 16.6. The predicted molar refractivity (Wildman–Crippen MR) is 54.9 cm³/mol. The van der Waals surface area contributed by atoms with E-state index in [-0.39, 0.29) is 18.3 Å². The van der Waals surface area contributed by atoms with Crippen LogP contribution in [0.3, 0.4) is 0 Å². The van der Waals surface area contributed by atoms with Crippen molar-refractivity contribution in [2.24, 2.45) is 5.92 Å². The van der Waals surface area contributed by atoms with Crippen LogP contribution in [0.1, 0.15) is 47.0 Å². The Labute approximate surface area is 85.8 Å². The fourth-order valence-electron chi connectivity index (χ4n) is 1.19. The molecular formula is C11H20O3. The number of esters is 1. The summed E-state index contributed by atoms with van der Waals surface area (Å²) >= 11 is 0. The molecule has 0 aromatic carbocycles. The summed E-state index contributed by atoms with van der Waals surface area (Å²) in [5.74, 6) is -0.474. The van der Waals surface area contributed by atoms with Gasteiger partial charge in [0.15, 0.2) is 0 Å². The molecule has 0 radical (unpaired) electrons. The maximum atomic E-state index is 11.3. The van der Waals surface area contributed by atoms with E-state index >= 15 is 0 Å². The van der Waals surface area contributed by atoms with Crippen LogP contribution in [0, 0.1) is 5.92 Å². The summed E-state index contributed by atoms with van der Waals surface area (Å²) < 4.78 is 5.12. The minimum absolute atomic E-state index is 0.185. The zero-order valence-electron chi connectivity index (χ0n) is 9.50. The van der Waals surface area contributed by atoms with Gasteiger partial charge in [0, 0.05) is 5.92 Å². The summed E-state index contributed by atoms with van der Waals surface area (Å²) in [7, 11) is 0. The van der Waals surface area contributed by atoms with Crippen molar-refractivity contribution in [2.75, 3.05) is 0 Å². The lowest BCUT2D eigenvalue weighted by atomic mass is 10.0. The van der Waals surface area contributed by atoms with E-state index in [0.29, 0.717) is 0 Å². The molecule has 1 unspecified atom stereocenters. The van der Waals surface area contributed by atoms with E-state index < -0.39 is 5.60 Å². The lowest BCUT2D eigenvalue weighted by Gasteiger charge is -2.20. The first kappa shape index (κ1) is 13.1. The number of carbonyl (C=O) groups is 2. The van der Waals surface area contributed by atoms with Crippen molar-refractivity contribution in [3.8, 4) is 0 Å². The van der Waals surface area contributed by atoms with Crippen LogP contribution in [0.4, 0.5) is 0 Å². The molecule has 3 heteroatoms. The molecule has 0 rings (SSSR count). The van der Waals surface area contributed by atoms with Crippen molar-refractivity contribution in [3.05, 3.63) is 0 Å². The molecule has 0 bridgehead atoms. The van der Waals surface area contributed by atoms with Crippen molar-refractivity contribution in [2.45, 2.75) is 52.6 Å². The molecule has 0 aromatic heterocycles. The first-order valence-corrected chi connectivity index (χ1v) is 5.06.